The van der Waals surface area contributed by atoms with Gasteiger partial charge >= 0.3 is 0 Å². The zero-order valence-electron chi connectivity index (χ0n) is 9.97. The molecule has 2 aromatic carbocycles. The Labute approximate surface area is 127 Å². The van der Waals surface area contributed by atoms with Crippen LogP contribution in [0.4, 0.5) is 11.4 Å². The average Bonchev–Trinajstić information content (AvgIpc) is 2.40. The number of halogens is 2. The fraction of sp³-hybridized carbons (Fsp3) is 0. The predicted molar refractivity (Wildman–Crippen MR) is 80.2 cm³/mol. The molecule has 0 aromatic heterocycles. The topological polar surface area (TPSA) is 72.2 Å². The van der Waals surface area contributed by atoms with Crippen molar-refractivity contribution in [2.45, 2.75) is 0 Å². The first-order chi connectivity index (χ1) is 9.49. The highest BCUT2D eigenvalue weighted by molar-refractivity contribution is 9.10. The molecular formula is C13H8BrClN2O3. The van der Waals surface area contributed by atoms with Crippen LogP contribution in [0.1, 0.15) is 10.4 Å². The van der Waals surface area contributed by atoms with Crippen molar-refractivity contribution in [3.05, 3.63) is 67.6 Å². The maximum atomic E-state index is 12.0. The number of anilines is 1. The Morgan fingerprint density at radius 1 is 1.25 bits per heavy atom. The molecule has 0 heterocycles. The second-order valence-corrected chi connectivity index (χ2v) is 5.12. The number of carbonyl (C=O) groups excluding carboxylic acids is 1. The monoisotopic (exact) mass is 354 g/mol. The highest BCUT2D eigenvalue weighted by Crippen LogP contribution is 2.26. The Morgan fingerprint density at radius 3 is 2.55 bits per heavy atom. The van der Waals surface area contributed by atoms with Crippen LogP contribution in [0.2, 0.25) is 5.02 Å². The number of rotatable bonds is 3. The predicted octanol–water partition coefficient (Wildman–Crippen LogP) is 4.26. The van der Waals surface area contributed by atoms with E-state index < -0.39 is 10.8 Å². The standard InChI is InChI=1S/C13H8BrClN2O3/c14-9-3-1-2-4-11(9)16-13(18)8-5-6-12(17(19)20)10(15)7-8/h1-7H,(H,16,18). The first kappa shape index (κ1) is 14.5. The Hall–Kier alpha value is -1.92. The Kier molecular flexibility index (Phi) is 4.36. The van der Waals surface area contributed by atoms with Gasteiger partial charge in [0.15, 0.2) is 0 Å². The van der Waals surface area contributed by atoms with Gasteiger partial charge in [-0.2, -0.15) is 0 Å². The van der Waals surface area contributed by atoms with E-state index in [4.69, 9.17) is 11.6 Å². The van der Waals surface area contributed by atoms with Crippen molar-refractivity contribution in [1.29, 1.82) is 0 Å². The molecule has 0 unspecified atom stereocenters. The van der Waals surface area contributed by atoms with E-state index in [1.165, 1.54) is 18.2 Å². The van der Waals surface area contributed by atoms with Gasteiger partial charge in [0.25, 0.3) is 11.6 Å². The highest BCUT2D eigenvalue weighted by Gasteiger charge is 2.15. The first-order valence-electron chi connectivity index (χ1n) is 5.49. The van der Waals surface area contributed by atoms with Gasteiger partial charge in [0, 0.05) is 16.1 Å². The molecule has 0 saturated heterocycles. The number of nitro benzene ring substituents is 1. The van der Waals surface area contributed by atoms with E-state index in [2.05, 4.69) is 21.2 Å². The summed E-state index contributed by atoms with van der Waals surface area (Å²) in [7, 11) is 0. The molecule has 1 N–H and O–H groups in total. The second kappa shape index (κ2) is 6.02. The van der Waals surface area contributed by atoms with Crippen LogP contribution in [-0.4, -0.2) is 10.8 Å². The zero-order valence-corrected chi connectivity index (χ0v) is 12.3. The zero-order chi connectivity index (χ0) is 14.7. The van der Waals surface area contributed by atoms with Crippen LogP contribution >= 0.6 is 27.5 Å². The highest BCUT2D eigenvalue weighted by atomic mass is 79.9. The van der Waals surface area contributed by atoms with E-state index in [1.54, 1.807) is 18.2 Å². The number of carbonyl (C=O) groups is 1. The number of nitro groups is 1. The summed E-state index contributed by atoms with van der Waals surface area (Å²) >= 11 is 9.08. The van der Waals surface area contributed by atoms with E-state index in [0.29, 0.717) is 5.69 Å². The van der Waals surface area contributed by atoms with Gasteiger partial charge in [-0.15, -0.1) is 0 Å². The van der Waals surface area contributed by atoms with E-state index in [0.717, 1.165) is 4.47 Å². The summed E-state index contributed by atoms with van der Waals surface area (Å²) in [6, 6.07) is 11.0. The van der Waals surface area contributed by atoms with Gasteiger partial charge in [-0.1, -0.05) is 23.7 Å². The van der Waals surface area contributed by atoms with Crippen molar-refractivity contribution in [2.75, 3.05) is 5.32 Å². The molecular weight excluding hydrogens is 348 g/mol. The molecule has 102 valence electrons. The van der Waals surface area contributed by atoms with Gasteiger partial charge in [-0.05, 0) is 40.2 Å². The lowest BCUT2D eigenvalue weighted by Gasteiger charge is -2.07. The van der Waals surface area contributed by atoms with Crippen LogP contribution in [0.15, 0.2) is 46.9 Å². The molecule has 0 aliphatic heterocycles. The van der Waals surface area contributed by atoms with Gasteiger partial charge in [0.1, 0.15) is 5.02 Å². The molecule has 7 heteroatoms. The molecule has 0 radical (unpaired) electrons. The minimum Gasteiger partial charge on any atom is -0.321 e. The van der Waals surface area contributed by atoms with Crippen molar-refractivity contribution >= 4 is 44.8 Å². The third-order valence-electron chi connectivity index (χ3n) is 2.53. The summed E-state index contributed by atoms with van der Waals surface area (Å²) in [6.07, 6.45) is 0. The van der Waals surface area contributed by atoms with Crippen LogP contribution in [-0.2, 0) is 0 Å². The van der Waals surface area contributed by atoms with Gasteiger partial charge in [0.2, 0.25) is 0 Å². The normalized spacial score (nSPS) is 10.1. The molecule has 0 atom stereocenters. The van der Waals surface area contributed by atoms with Crippen LogP contribution in [0.25, 0.3) is 0 Å². The summed E-state index contributed by atoms with van der Waals surface area (Å²) in [5.74, 6) is -0.395. The van der Waals surface area contributed by atoms with E-state index in [9.17, 15) is 14.9 Å². The number of para-hydroxylation sites is 1. The van der Waals surface area contributed by atoms with Crippen LogP contribution in [0.5, 0.6) is 0 Å². The van der Waals surface area contributed by atoms with E-state index in [1.807, 2.05) is 6.07 Å². The van der Waals surface area contributed by atoms with Crippen molar-refractivity contribution in [1.82, 2.24) is 0 Å². The lowest BCUT2D eigenvalue weighted by atomic mass is 10.2. The van der Waals surface area contributed by atoms with E-state index >= 15 is 0 Å². The second-order valence-electron chi connectivity index (χ2n) is 3.86. The summed E-state index contributed by atoms with van der Waals surface area (Å²) < 4.78 is 0.737. The SMILES string of the molecule is O=C(Nc1ccccc1Br)c1ccc([N+](=O)[O-])c(Cl)c1. The summed E-state index contributed by atoms with van der Waals surface area (Å²) in [5.41, 5.74) is 0.618. The van der Waals surface area contributed by atoms with Crippen molar-refractivity contribution in [3.63, 3.8) is 0 Å². The molecule has 1 amide bonds. The van der Waals surface area contributed by atoms with Crippen molar-refractivity contribution in [2.24, 2.45) is 0 Å². The van der Waals surface area contributed by atoms with Gasteiger partial charge < -0.3 is 5.32 Å². The number of nitrogens with zero attached hydrogens (tertiary/aromatic N) is 1. The van der Waals surface area contributed by atoms with Gasteiger partial charge in [0.05, 0.1) is 10.6 Å². The molecule has 5 nitrogen and oxygen atoms in total. The van der Waals surface area contributed by atoms with Crippen LogP contribution < -0.4 is 5.32 Å². The molecule has 0 bridgehead atoms. The third kappa shape index (κ3) is 3.15. The summed E-state index contributed by atoms with van der Waals surface area (Å²) in [4.78, 5) is 22.1. The number of nitrogens with one attached hydrogen (secondary N) is 1. The minimum absolute atomic E-state index is 0.0743. The molecule has 20 heavy (non-hydrogen) atoms. The maximum absolute atomic E-state index is 12.0. The van der Waals surface area contributed by atoms with Gasteiger partial charge in [-0.3, -0.25) is 14.9 Å². The number of hydrogen-bond acceptors (Lipinski definition) is 3. The smallest absolute Gasteiger partial charge is 0.287 e. The number of amides is 1. The largest absolute Gasteiger partial charge is 0.321 e. The Morgan fingerprint density at radius 2 is 1.95 bits per heavy atom. The quantitative estimate of drug-likeness (QED) is 0.660. The van der Waals surface area contributed by atoms with Crippen LogP contribution in [0, 0.1) is 10.1 Å². The Balaban J connectivity index is 2.24. The third-order valence-corrected chi connectivity index (χ3v) is 3.52. The number of hydrogen-bond donors (Lipinski definition) is 1. The van der Waals surface area contributed by atoms with Crippen LogP contribution in [0.3, 0.4) is 0 Å². The lowest BCUT2D eigenvalue weighted by Crippen LogP contribution is -2.12. The summed E-state index contributed by atoms with van der Waals surface area (Å²) in [6.45, 7) is 0. The fourth-order valence-electron chi connectivity index (χ4n) is 1.55. The van der Waals surface area contributed by atoms with Crippen molar-refractivity contribution < 1.29 is 9.72 Å². The first-order valence-corrected chi connectivity index (χ1v) is 6.66. The fourth-order valence-corrected chi connectivity index (χ4v) is 2.19. The van der Waals surface area contributed by atoms with E-state index in [-0.39, 0.29) is 16.3 Å². The molecule has 2 rings (SSSR count). The minimum atomic E-state index is -0.599. The summed E-state index contributed by atoms with van der Waals surface area (Å²) in [5, 5.41) is 13.3. The molecule has 0 saturated carbocycles. The molecule has 0 spiro atoms. The number of benzene rings is 2. The lowest BCUT2D eigenvalue weighted by molar-refractivity contribution is -0.384. The van der Waals surface area contributed by atoms with Gasteiger partial charge in [-0.25, -0.2) is 0 Å². The molecule has 2 aromatic rings. The van der Waals surface area contributed by atoms with Crippen molar-refractivity contribution in [3.8, 4) is 0 Å². The average molecular weight is 356 g/mol. The maximum Gasteiger partial charge on any atom is 0.287 e. The molecule has 0 aliphatic carbocycles. The molecule has 0 fully saturated rings. The molecule has 0 aliphatic rings. The Bertz CT molecular complexity index is 691.